The molecule has 8 nitrogen and oxygen atoms in total. The zero-order chi connectivity index (χ0) is 15.4. The Labute approximate surface area is 126 Å². The van der Waals surface area contributed by atoms with Crippen molar-refractivity contribution in [1.29, 1.82) is 0 Å². The van der Waals surface area contributed by atoms with Gasteiger partial charge in [-0.3, -0.25) is 0 Å². The summed E-state index contributed by atoms with van der Waals surface area (Å²) >= 11 is 1.61. The number of nitrogens with one attached hydrogen (secondary N) is 2. The van der Waals surface area contributed by atoms with Crippen molar-refractivity contribution in [3.8, 4) is 0 Å². The summed E-state index contributed by atoms with van der Waals surface area (Å²) in [7, 11) is 0. The average Bonchev–Trinajstić information content (AvgIpc) is 2.87. The third kappa shape index (κ3) is 3.38. The molecule has 0 aromatic carbocycles. The Morgan fingerprint density at radius 1 is 1.33 bits per heavy atom. The molecule has 0 aliphatic heterocycles. The molecule has 2 heterocycles. The lowest BCUT2D eigenvalue weighted by Gasteiger charge is -2.22. The van der Waals surface area contributed by atoms with Gasteiger partial charge in [0.15, 0.2) is 5.82 Å². The van der Waals surface area contributed by atoms with Crippen LogP contribution in [0.5, 0.6) is 0 Å². The van der Waals surface area contributed by atoms with Gasteiger partial charge in [-0.1, -0.05) is 0 Å². The highest BCUT2D eigenvalue weighted by atomic mass is 32.2. The second kappa shape index (κ2) is 6.94. The number of aliphatic hydroxyl groups excluding tert-OH is 2. The first-order valence-electron chi connectivity index (χ1n) is 6.47. The van der Waals surface area contributed by atoms with Crippen molar-refractivity contribution < 1.29 is 10.2 Å². The Bertz CT molecular complexity index is 605. The number of nitrogen functional groups attached to an aromatic ring is 2. The molecule has 0 radical (unpaired) electrons. The number of anilines is 2. The maximum Gasteiger partial charge on any atom is 0.222 e. The minimum Gasteiger partial charge on any atom is -0.395 e. The number of nitrogens with two attached hydrogens (primary N) is 2. The zero-order valence-electron chi connectivity index (χ0n) is 11.7. The van der Waals surface area contributed by atoms with Crippen LogP contribution in [0.1, 0.15) is 11.6 Å². The fraction of sp³-hybridized carbons (Fsp3) is 0.500. The molecule has 21 heavy (non-hydrogen) atoms. The summed E-state index contributed by atoms with van der Waals surface area (Å²) in [5.41, 5.74) is 13.3. The summed E-state index contributed by atoms with van der Waals surface area (Å²) < 4.78 is 0. The lowest BCUT2D eigenvalue weighted by molar-refractivity contribution is 0.202. The SMILES string of the molecule is CSCC(CO)NC(CO)c1c[nH]c2c(N)nc(N)nc12. The Balaban J connectivity index is 2.34. The number of aromatic amines is 1. The van der Waals surface area contributed by atoms with Gasteiger partial charge in [-0.15, -0.1) is 0 Å². The monoisotopic (exact) mass is 312 g/mol. The summed E-state index contributed by atoms with van der Waals surface area (Å²) in [6.07, 6.45) is 3.68. The van der Waals surface area contributed by atoms with Gasteiger partial charge >= 0.3 is 0 Å². The Kier molecular flexibility index (Phi) is 5.23. The van der Waals surface area contributed by atoms with Crippen molar-refractivity contribution >= 4 is 34.6 Å². The van der Waals surface area contributed by atoms with Crippen LogP contribution in [0.2, 0.25) is 0 Å². The molecule has 0 aliphatic carbocycles. The smallest absolute Gasteiger partial charge is 0.222 e. The van der Waals surface area contributed by atoms with Crippen LogP contribution in [0.25, 0.3) is 11.0 Å². The lowest BCUT2D eigenvalue weighted by atomic mass is 10.1. The molecule has 0 fully saturated rings. The molecule has 2 unspecified atom stereocenters. The van der Waals surface area contributed by atoms with Crippen molar-refractivity contribution in [3.63, 3.8) is 0 Å². The van der Waals surface area contributed by atoms with E-state index < -0.39 is 0 Å². The second-order valence-electron chi connectivity index (χ2n) is 4.67. The molecular weight excluding hydrogens is 292 g/mol. The summed E-state index contributed by atoms with van der Waals surface area (Å²) in [5.74, 6) is 1.08. The van der Waals surface area contributed by atoms with Crippen LogP contribution in [-0.4, -0.2) is 56.4 Å². The first-order valence-corrected chi connectivity index (χ1v) is 7.86. The number of H-pyrrole nitrogens is 1. The van der Waals surface area contributed by atoms with Crippen LogP contribution in [0.4, 0.5) is 11.8 Å². The topological polar surface area (TPSA) is 146 Å². The molecular formula is C12H20N6O2S. The van der Waals surface area contributed by atoms with E-state index in [1.54, 1.807) is 18.0 Å². The Hall–Kier alpha value is -1.55. The van der Waals surface area contributed by atoms with Crippen LogP contribution in [0.15, 0.2) is 6.20 Å². The molecule has 9 heteroatoms. The molecule has 0 aliphatic rings. The molecule has 2 atom stereocenters. The van der Waals surface area contributed by atoms with Gasteiger partial charge in [-0.05, 0) is 6.26 Å². The van der Waals surface area contributed by atoms with Crippen molar-refractivity contribution in [2.75, 3.05) is 36.7 Å². The standard InChI is InChI=1S/C12H20N6O2S/c1-21-5-6(3-19)16-8(4-20)7-2-15-10-9(7)17-12(14)18-11(10)13/h2,6,8,15-16,19-20H,3-5H2,1H3,(H4,13,14,17,18). The predicted octanol–water partition coefficient (Wildman–Crippen LogP) is -0.531. The molecule has 0 bridgehead atoms. The maximum absolute atomic E-state index is 9.64. The molecule has 2 aromatic heterocycles. The zero-order valence-corrected chi connectivity index (χ0v) is 12.5. The van der Waals surface area contributed by atoms with Crippen LogP contribution in [-0.2, 0) is 0 Å². The molecule has 8 N–H and O–H groups in total. The van der Waals surface area contributed by atoms with E-state index in [0.717, 1.165) is 11.3 Å². The third-order valence-electron chi connectivity index (χ3n) is 3.18. The van der Waals surface area contributed by atoms with Crippen molar-refractivity contribution in [2.24, 2.45) is 0 Å². The number of fused-ring (bicyclic) bond motifs is 1. The number of hydrogen-bond donors (Lipinski definition) is 6. The summed E-state index contributed by atoms with van der Waals surface area (Å²) in [5, 5.41) is 22.2. The van der Waals surface area contributed by atoms with Gasteiger partial charge in [0.05, 0.1) is 19.3 Å². The molecule has 0 amide bonds. The van der Waals surface area contributed by atoms with Crippen molar-refractivity contribution in [2.45, 2.75) is 12.1 Å². The molecule has 2 rings (SSSR count). The van der Waals surface area contributed by atoms with Crippen LogP contribution in [0, 0.1) is 0 Å². The number of hydrogen-bond acceptors (Lipinski definition) is 8. The van der Waals surface area contributed by atoms with E-state index >= 15 is 0 Å². The second-order valence-corrected chi connectivity index (χ2v) is 5.58. The Morgan fingerprint density at radius 3 is 2.71 bits per heavy atom. The number of nitrogens with zero attached hydrogens (tertiary/aromatic N) is 2. The number of thioether (sulfide) groups is 1. The van der Waals surface area contributed by atoms with Gasteiger partial charge in [0.25, 0.3) is 0 Å². The third-order valence-corrected chi connectivity index (χ3v) is 3.92. The van der Waals surface area contributed by atoms with Crippen LogP contribution in [0.3, 0.4) is 0 Å². The van der Waals surface area contributed by atoms with Gasteiger partial charge in [-0.2, -0.15) is 16.7 Å². The van der Waals surface area contributed by atoms with Crippen molar-refractivity contribution in [1.82, 2.24) is 20.3 Å². The molecule has 0 spiro atoms. The molecule has 0 saturated carbocycles. The van der Waals surface area contributed by atoms with E-state index in [9.17, 15) is 10.2 Å². The van der Waals surface area contributed by atoms with E-state index in [1.165, 1.54) is 0 Å². The fourth-order valence-electron chi connectivity index (χ4n) is 2.21. The highest BCUT2D eigenvalue weighted by Gasteiger charge is 2.21. The summed E-state index contributed by atoms with van der Waals surface area (Å²) in [6.45, 7) is -0.152. The van der Waals surface area contributed by atoms with Crippen LogP contribution < -0.4 is 16.8 Å². The van der Waals surface area contributed by atoms with Gasteiger partial charge < -0.3 is 32.0 Å². The van der Waals surface area contributed by atoms with Gasteiger partial charge in [-0.25, -0.2) is 4.98 Å². The normalized spacial score (nSPS) is 14.4. The van der Waals surface area contributed by atoms with E-state index in [4.69, 9.17) is 11.5 Å². The van der Waals surface area contributed by atoms with Gasteiger partial charge in [0, 0.05) is 23.6 Å². The van der Waals surface area contributed by atoms with E-state index in [0.29, 0.717) is 11.0 Å². The largest absolute Gasteiger partial charge is 0.395 e. The number of rotatable bonds is 7. The van der Waals surface area contributed by atoms with Crippen molar-refractivity contribution in [3.05, 3.63) is 11.8 Å². The summed E-state index contributed by atoms with van der Waals surface area (Å²) in [4.78, 5) is 11.1. The predicted molar refractivity (Wildman–Crippen MR) is 84.9 cm³/mol. The molecule has 2 aromatic rings. The van der Waals surface area contributed by atoms with Gasteiger partial charge in [0.2, 0.25) is 5.95 Å². The first kappa shape index (κ1) is 15.8. The average molecular weight is 312 g/mol. The quantitative estimate of drug-likeness (QED) is 0.400. The summed E-state index contributed by atoms with van der Waals surface area (Å²) in [6, 6.07) is -0.504. The highest BCUT2D eigenvalue weighted by Crippen LogP contribution is 2.26. The number of aromatic nitrogens is 3. The first-order chi connectivity index (χ1) is 10.1. The minimum absolute atomic E-state index is 0.0149. The highest BCUT2D eigenvalue weighted by molar-refractivity contribution is 7.98. The number of aliphatic hydroxyl groups is 2. The molecule has 116 valence electrons. The molecule has 0 saturated heterocycles. The van der Waals surface area contributed by atoms with E-state index in [2.05, 4.69) is 20.3 Å². The maximum atomic E-state index is 9.64. The van der Waals surface area contributed by atoms with E-state index in [-0.39, 0.29) is 37.1 Å². The van der Waals surface area contributed by atoms with E-state index in [1.807, 2.05) is 6.26 Å². The Morgan fingerprint density at radius 2 is 2.10 bits per heavy atom. The fourth-order valence-corrected chi connectivity index (χ4v) is 2.82. The van der Waals surface area contributed by atoms with Crippen LogP contribution >= 0.6 is 11.8 Å². The van der Waals surface area contributed by atoms with Gasteiger partial charge in [0.1, 0.15) is 11.0 Å². The lowest BCUT2D eigenvalue weighted by Crippen LogP contribution is -2.39. The minimum atomic E-state index is -0.378.